The minimum Gasteiger partial charge on any atom is -0.325 e. The van der Waals surface area contributed by atoms with E-state index in [1.165, 1.54) is 30.5 Å². The molecular formula is C17H21F3N2O. The van der Waals surface area contributed by atoms with Gasteiger partial charge in [0.1, 0.15) is 0 Å². The number of allylic oxidation sites excluding steroid dienone is 1. The number of rotatable bonds is 6. The van der Waals surface area contributed by atoms with Crippen molar-refractivity contribution in [3.8, 4) is 0 Å². The number of anilines is 1. The van der Waals surface area contributed by atoms with E-state index in [9.17, 15) is 18.0 Å². The number of carbonyl (C=O) groups excluding carboxylic acids is 1. The molecule has 1 aromatic carbocycles. The maximum Gasteiger partial charge on any atom is 0.416 e. The molecule has 126 valence electrons. The zero-order valence-electron chi connectivity index (χ0n) is 12.9. The Morgan fingerprint density at radius 2 is 2.04 bits per heavy atom. The predicted molar refractivity (Wildman–Crippen MR) is 84.1 cm³/mol. The number of amides is 1. The molecule has 0 heterocycles. The van der Waals surface area contributed by atoms with Crippen LogP contribution in [0.1, 0.15) is 37.7 Å². The van der Waals surface area contributed by atoms with Crippen LogP contribution in [0.3, 0.4) is 0 Å². The minimum absolute atomic E-state index is 0.0868. The second-order valence-electron chi connectivity index (χ2n) is 5.66. The highest BCUT2D eigenvalue weighted by Gasteiger charge is 2.30. The summed E-state index contributed by atoms with van der Waals surface area (Å²) in [5.41, 5.74) is 0.802. The maximum absolute atomic E-state index is 12.6. The quantitative estimate of drug-likeness (QED) is 0.610. The molecule has 0 fully saturated rings. The van der Waals surface area contributed by atoms with E-state index in [0.717, 1.165) is 31.4 Å². The lowest BCUT2D eigenvalue weighted by Gasteiger charge is -2.13. The van der Waals surface area contributed by atoms with Gasteiger partial charge in [0, 0.05) is 5.69 Å². The molecule has 0 saturated heterocycles. The van der Waals surface area contributed by atoms with Gasteiger partial charge in [-0.25, -0.2) is 0 Å². The standard InChI is InChI=1S/C17H21F3N2O/c18-17(19,20)14-7-4-8-15(11-14)22-16(23)12-21-10-9-13-5-2-1-3-6-13/h4-5,7-8,11,21H,1-3,6,9-10,12H2,(H,22,23). The lowest BCUT2D eigenvalue weighted by Crippen LogP contribution is -2.29. The van der Waals surface area contributed by atoms with Crippen molar-refractivity contribution in [1.29, 1.82) is 0 Å². The Hall–Kier alpha value is -1.82. The van der Waals surface area contributed by atoms with Gasteiger partial charge in [0.15, 0.2) is 0 Å². The smallest absolute Gasteiger partial charge is 0.325 e. The summed E-state index contributed by atoms with van der Waals surface area (Å²) in [6.07, 6.45) is 3.49. The van der Waals surface area contributed by atoms with E-state index < -0.39 is 11.7 Å². The van der Waals surface area contributed by atoms with Crippen molar-refractivity contribution in [2.45, 2.75) is 38.3 Å². The highest BCUT2D eigenvalue weighted by Crippen LogP contribution is 2.30. The van der Waals surface area contributed by atoms with E-state index in [1.807, 2.05) is 0 Å². The van der Waals surface area contributed by atoms with Crippen LogP contribution in [0.4, 0.5) is 18.9 Å². The molecule has 3 nitrogen and oxygen atoms in total. The molecular weight excluding hydrogens is 305 g/mol. The summed E-state index contributed by atoms with van der Waals surface area (Å²) < 4.78 is 37.8. The molecule has 0 aliphatic heterocycles. The molecule has 23 heavy (non-hydrogen) atoms. The molecule has 0 aromatic heterocycles. The molecule has 0 atom stereocenters. The van der Waals surface area contributed by atoms with E-state index >= 15 is 0 Å². The molecule has 0 bridgehead atoms. The average Bonchev–Trinajstić information content (AvgIpc) is 2.52. The molecule has 0 spiro atoms. The monoisotopic (exact) mass is 326 g/mol. The lowest BCUT2D eigenvalue weighted by atomic mass is 9.97. The van der Waals surface area contributed by atoms with E-state index in [4.69, 9.17) is 0 Å². The third-order valence-corrected chi connectivity index (χ3v) is 3.77. The summed E-state index contributed by atoms with van der Waals surface area (Å²) >= 11 is 0. The van der Waals surface area contributed by atoms with Crippen LogP contribution in [0.5, 0.6) is 0 Å². The van der Waals surface area contributed by atoms with Crippen molar-refractivity contribution in [3.05, 3.63) is 41.5 Å². The second-order valence-corrected chi connectivity index (χ2v) is 5.66. The number of benzene rings is 1. The van der Waals surface area contributed by atoms with Crippen molar-refractivity contribution >= 4 is 11.6 Å². The largest absolute Gasteiger partial charge is 0.416 e. The van der Waals surface area contributed by atoms with E-state index in [1.54, 1.807) is 0 Å². The zero-order chi connectivity index (χ0) is 16.7. The molecule has 2 N–H and O–H groups in total. The summed E-state index contributed by atoms with van der Waals surface area (Å²) in [6.45, 7) is 0.783. The fourth-order valence-electron chi connectivity index (χ4n) is 2.56. The predicted octanol–water partition coefficient (Wildman–Crippen LogP) is 4.12. The van der Waals surface area contributed by atoms with E-state index in [2.05, 4.69) is 16.7 Å². The van der Waals surface area contributed by atoms with Crippen LogP contribution in [0, 0.1) is 0 Å². The summed E-state index contributed by atoms with van der Waals surface area (Å²) in [4.78, 5) is 11.8. The van der Waals surface area contributed by atoms with Gasteiger partial charge in [0.05, 0.1) is 12.1 Å². The summed E-state index contributed by atoms with van der Waals surface area (Å²) in [7, 11) is 0. The third kappa shape index (κ3) is 6.06. The first-order valence-corrected chi connectivity index (χ1v) is 7.81. The Bertz CT molecular complexity index is 567. The molecule has 1 amide bonds. The summed E-state index contributed by atoms with van der Waals surface area (Å²) in [5.74, 6) is -0.345. The van der Waals surface area contributed by atoms with Gasteiger partial charge >= 0.3 is 6.18 Å². The highest BCUT2D eigenvalue weighted by atomic mass is 19.4. The van der Waals surface area contributed by atoms with E-state index in [-0.39, 0.29) is 18.1 Å². The van der Waals surface area contributed by atoms with Crippen molar-refractivity contribution in [2.75, 3.05) is 18.4 Å². The van der Waals surface area contributed by atoms with Crippen molar-refractivity contribution in [1.82, 2.24) is 5.32 Å². The Balaban J connectivity index is 1.73. The number of hydrogen-bond acceptors (Lipinski definition) is 2. The van der Waals surface area contributed by atoms with Gasteiger partial charge in [0.25, 0.3) is 0 Å². The first kappa shape index (κ1) is 17.5. The third-order valence-electron chi connectivity index (χ3n) is 3.77. The summed E-state index contributed by atoms with van der Waals surface area (Å²) in [5, 5.41) is 5.50. The highest BCUT2D eigenvalue weighted by molar-refractivity contribution is 5.92. The van der Waals surface area contributed by atoms with Crippen LogP contribution in [0.15, 0.2) is 35.9 Å². The Morgan fingerprint density at radius 1 is 1.22 bits per heavy atom. The van der Waals surface area contributed by atoms with E-state index in [0.29, 0.717) is 6.54 Å². The van der Waals surface area contributed by atoms with Gasteiger partial charge in [-0.15, -0.1) is 0 Å². The van der Waals surface area contributed by atoms with Crippen LogP contribution in [-0.4, -0.2) is 19.0 Å². The molecule has 2 rings (SSSR count). The van der Waals surface area contributed by atoms with Crippen molar-refractivity contribution in [2.24, 2.45) is 0 Å². The second kappa shape index (κ2) is 8.15. The first-order valence-electron chi connectivity index (χ1n) is 7.81. The lowest BCUT2D eigenvalue weighted by molar-refractivity contribution is -0.137. The maximum atomic E-state index is 12.6. The van der Waals surface area contributed by atoms with Crippen LogP contribution >= 0.6 is 0 Å². The van der Waals surface area contributed by atoms with Crippen LogP contribution < -0.4 is 10.6 Å². The fraction of sp³-hybridized carbons (Fsp3) is 0.471. The first-order chi connectivity index (χ1) is 10.9. The number of halogens is 3. The molecule has 1 aliphatic rings. The van der Waals surface area contributed by atoms with Crippen molar-refractivity contribution < 1.29 is 18.0 Å². The number of hydrogen-bond donors (Lipinski definition) is 2. The molecule has 0 radical (unpaired) electrons. The SMILES string of the molecule is O=C(CNCCC1=CCCCC1)Nc1cccc(C(F)(F)F)c1. The number of alkyl halides is 3. The summed E-state index contributed by atoms with van der Waals surface area (Å²) in [6, 6.07) is 4.64. The molecule has 6 heteroatoms. The van der Waals surface area contributed by atoms with Gasteiger partial charge in [-0.05, 0) is 56.8 Å². The Kier molecular flexibility index (Phi) is 6.21. The topological polar surface area (TPSA) is 41.1 Å². The molecule has 0 saturated carbocycles. The van der Waals surface area contributed by atoms with Crippen molar-refractivity contribution in [3.63, 3.8) is 0 Å². The average molecular weight is 326 g/mol. The van der Waals surface area contributed by atoms with Gasteiger partial charge < -0.3 is 10.6 Å². The number of nitrogens with one attached hydrogen (secondary N) is 2. The number of carbonyl (C=O) groups is 1. The fourth-order valence-corrected chi connectivity index (χ4v) is 2.56. The van der Waals surface area contributed by atoms with Gasteiger partial charge in [0.2, 0.25) is 5.91 Å². The minimum atomic E-state index is -4.41. The van der Waals surface area contributed by atoms with Gasteiger partial charge in [-0.1, -0.05) is 17.7 Å². The Labute approximate surface area is 134 Å². The molecule has 1 aromatic rings. The Morgan fingerprint density at radius 3 is 2.74 bits per heavy atom. The van der Waals surface area contributed by atoms with Crippen LogP contribution in [0.25, 0.3) is 0 Å². The normalized spacial score (nSPS) is 15.2. The zero-order valence-corrected chi connectivity index (χ0v) is 12.9. The van der Waals surface area contributed by atoms with Crippen LogP contribution in [0.2, 0.25) is 0 Å². The van der Waals surface area contributed by atoms with Gasteiger partial charge in [-0.2, -0.15) is 13.2 Å². The van der Waals surface area contributed by atoms with Gasteiger partial charge in [-0.3, -0.25) is 4.79 Å². The molecule has 0 unspecified atom stereocenters. The van der Waals surface area contributed by atoms with Crippen LogP contribution in [-0.2, 0) is 11.0 Å². The molecule has 1 aliphatic carbocycles.